The van der Waals surface area contributed by atoms with Gasteiger partial charge in [0.15, 0.2) is 23.2 Å². The van der Waals surface area contributed by atoms with Gasteiger partial charge in [-0.25, -0.2) is 4.98 Å². The lowest BCUT2D eigenvalue weighted by molar-refractivity contribution is -0.0612. The van der Waals surface area contributed by atoms with Gasteiger partial charge >= 0.3 is 7.60 Å². The van der Waals surface area contributed by atoms with Gasteiger partial charge in [-0.15, -0.1) is 0 Å². The molecule has 0 unspecified atom stereocenters. The van der Waals surface area contributed by atoms with Crippen molar-refractivity contribution in [1.29, 1.82) is 0 Å². The summed E-state index contributed by atoms with van der Waals surface area (Å²) in [6.07, 6.45) is -1.80. The Bertz CT molecular complexity index is 935. The summed E-state index contributed by atoms with van der Waals surface area (Å²) < 4.78 is 22.9. The van der Waals surface area contributed by atoms with Gasteiger partial charge < -0.3 is 34.8 Å². The molecule has 1 saturated carbocycles. The summed E-state index contributed by atoms with van der Waals surface area (Å²) in [7, 11) is -4.35. The first kappa shape index (κ1) is 20.9. The van der Waals surface area contributed by atoms with Crippen LogP contribution in [-0.4, -0.2) is 77.3 Å². The van der Waals surface area contributed by atoms with E-state index in [1.54, 1.807) is 0 Å². The van der Waals surface area contributed by atoms with E-state index in [0.29, 0.717) is 22.9 Å². The zero-order valence-corrected chi connectivity index (χ0v) is 16.8. The second kappa shape index (κ2) is 8.05. The average Bonchev–Trinajstić information content (AvgIpc) is 3.32. The number of aromatic nitrogens is 4. The van der Waals surface area contributed by atoms with Crippen LogP contribution in [0.2, 0.25) is 5.28 Å². The summed E-state index contributed by atoms with van der Waals surface area (Å²) in [6.45, 7) is 0.436. The number of anilines is 1. The Kier molecular flexibility index (Phi) is 5.79. The van der Waals surface area contributed by atoms with E-state index in [9.17, 15) is 14.8 Å². The Morgan fingerprint density at radius 3 is 2.76 bits per heavy atom. The summed E-state index contributed by atoms with van der Waals surface area (Å²) in [5.74, 6) is 1.07. The molecule has 1 aliphatic carbocycles. The van der Waals surface area contributed by atoms with Crippen LogP contribution >= 0.6 is 19.2 Å². The normalized spacial score (nSPS) is 27.6. The van der Waals surface area contributed by atoms with Crippen molar-refractivity contribution in [2.24, 2.45) is 5.92 Å². The standard InChI is InChI=1S/C15H21ClN5O7P/c16-15-19-12(17-3-7-1-2-7)9-13(20-15)21(5-18-9)14-11(23)10(22)8(28-14)4-27-6-29(24,25)26/h5,7-8,10-11,14,22-23H,1-4,6H2,(H,17,19,20)(H2,24,25,26)/t8-,10-,11-,14-/m1/s1. The molecular formula is C15H21ClN5O7P. The maximum atomic E-state index is 10.9. The van der Waals surface area contributed by atoms with Crippen LogP contribution in [0.3, 0.4) is 0 Å². The van der Waals surface area contributed by atoms with Crippen molar-refractivity contribution in [2.75, 3.05) is 24.8 Å². The molecule has 2 aliphatic rings. The molecular weight excluding hydrogens is 429 g/mol. The van der Waals surface area contributed by atoms with Crippen LogP contribution in [-0.2, 0) is 14.0 Å². The second-order valence-corrected chi connectivity index (χ2v) is 9.13. The smallest absolute Gasteiger partial charge is 0.350 e. The van der Waals surface area contributed by atoms with Crippen LogP contribution in [0.4, 0.5) is 5.82 Å². The van der Waals surface area contributed by atoms with Crippen LogP contribution < -0.4 is 5.32 Å². The summed E-state index contributed by atoms with van der Waals surface area (Å²) in [6, 6.07) is 0. The summed E-state index contributed by atoms with van der Waals surface area (Å²) >= 11 is 6.05. The van der Waals surface area contributed by atoms with Gasteiger partial charge in [-0.2, -0.15) is 9.97 Å². The third kappa shape index (κ3) is 4.70. The third-order valence-electron chi connectivity index (χ3n) is 4.80. The zero-order chi connectivity index (χ0) is 20.8. The molecule has 12 nitrogen and oxygen atoms in total. The second-order valence-electron chi connectivity index (χ2n) is 7.20. The van der Waals surface area contributed by atoms with Crippen LogP contribution in [0.5, 0.6) is 0 Å². The van der Waals surface area contributed by atoms with E-state index < -0.39 is 38.5 Å². The predicted molar refractivity (Wildman–Crippen MR) is 100 cm³/mol. The molecule has 3 heterocycles. The number of nitrogens with zero attached hydrogens (tertiary/aromatic N) is 4. The number of imidazole rings is 1. The number of hydrogen-bond donors (Lipinski definition) is 5. The van der Waals surface area contributed by atoms with Gasteiger partial charge in [0.05, 0.1) is 12.9 Å². The topological polar surface area (TPSA) is 172 Å². The number of nitrogens with one attached hydrogen (secondary N) is 1. The molecule has 2 fully saturated rings. The molecule has 160 valence electrons. The molecule has 14 heteroatoms. The molecule has 4 atom stereocenters. The minimum Gasteiger partial charge on any atom is -0.387 e. The lowest BCUT2D eigenvalue weighted by Gasteiger charge is -2.17. The molecule has 4 rings (SSSR count). The van der Waals surface area contributed by atoms with Crippen LogP contribution in [0, 0.1) is 5.92 Å². The minimum atomic E-state index is -4.35. The fourth-order valence-electron chi connectivity index (χ4n) is 3.15. The Balaban J connectivity index is 1.53. The van der Waals surface area contributed by atoms with Gasteiger partial charge in [0.2, 0.25) is 5.28 Å². The fourth-order valence-corrected chi connectivity index (χ4v) is 3.65. The highest BCUT2D eigenvalue weighted by molar-refractivity contribution is 7.51. The number of hydrogen-bond acceptors (Lipinski definition) is 9. The largest absolute Gasteiger partial charge is 0.387 e. The Labute approximate surface area is 170 Å². The molecule has 0 bridgehead atoms. The maximum absolute atomic E-state index is 10.9. The number of aliphatic hydroxyl groups excluding tert-OH is 2. The third-order valence-corrected chi connectivity index (χ3v) is 5.49. The summed E-state index contributed by atoms with van der Waals surface area (Å²) in [4.78, 5) is 30.3. The van der Waals surface area contributed by atoms with Crippen molar-refractivity contribution in [3.63, 3.8) is 0 Å². The number of ether oxygens (including phenoxy) is 2. The zero-order valence-electron chi connectivity index (χ0n) is 15.1. The minimum absolute atomic E-state index is 0.00731. The van der Waals surface area contributed by atoms with E-state index in [1.807, 2.05) is 0 Å². The number of aliphatic hydroxyl groups is 2. The molecule has 2 aromatic rings. The molecule has 29 heavy (non-hydrogen) atoms. The van der Waals surface area contributed by atoms with Gasteiger partial charge in [-0.1, -0.05) is 0 Å². The van der Waals surface area contributed by atoms with Gasteiger partial charge in [-0.05, 0) is 30.4 Å². The monoisotopic (exact) mass is 449 g/mol. The number of fused-ring (bicyclic) bond motifs is 1. The van der Waals surface area contributed by atoms with Crippen LogP contribution in [0.25, 0.3) is 11.2 Å². The molecule has 0 amide bonds. The van der Waals surface area contributed by atoms with Crippen molar-refractivity contribution in [1.82, 2.24) is 19.5 Å². The molecule has 1 aliphatic heterocycles. The van der Waals surface area contributed by atoms with E-state index in [1.165, 1.54) is 10.9 Å². The van der Waals surface area contributed by atoms with Crippen LogP contribution in [0.1, 0.15) is 19.1 Å². The first-order chi connectivity index (χ1) is 13.7. The average molecular weight is 450 g/mol. The molecule has 2 aromatic heterocycles. The molecule has 0 spiro atoms. The molecule has 5 N–H and O–H groups in total. The molecule has 0 aromatic carbocycles. The fraction of sp³-hybridized carbons (Fsp3) is 0.667. The van der Waals surface area contributed by atoms with Crippen LogP contribution in [0.15, 0.2) is 6.33 Å². The van der Waals surface area contributed by atoms with Crippen molar-refractivity contribution >= 4 is 36.2 Å². The van der Waals surface area contributed by atoms with Gasteiger partial charge in [-0.3, -0.25) is 9.13 Å². The Hall–Kier alpha value is -1.37. The van der Waals surface area contributed by atoms with Crippen molar-refractivity contribution in [2.45, 2.75) is 37.4 Å². The quantitative estimate of drug-likeness (QED) is 0.272. The van der Waals surface area contributed by atoms with Gasteiger partial charge in [0, 0.05) is 6.54 Å². The first-order valence-electron chi connectivity index (χ1n) is 9.01. The van der Waals surface area contributed by atoms with Crippen molar-refractivity contribution in [3.05, 3.63) is 11.6 Å². The highest BCUT2D eigenvalue weighted by Crippen LogP contribution is 2.36. The Morgan fingerprint density at radius 2 is 2.07 bits per heavy atom. The van der Waals surface area contributed by atoms with E-state index >= 15 is 0 Å². The van der Waals surface area contributed by atoms with E-state index in [-0.39, 0.29) is 11.9 Å². The van der Waals surface area contributed by atoms with Gasteiger partial charge in [0.1, 0.15) is 24.7 Å². The lowest BCUT2D eigenvalue weighted by Crippen LogP contribution is -2.33. The Morgan fingerprint density at radius 1 is 1.31 bits per heavy atom. The maximum Gasteiger partial charge on any atom is 0.350 e. The molecule has 0 radical (unpaired) electrons. The number of rotatable bonds is 8. The summed E-state index contributed by atoms with van der Waals surface area (Å²) in [5, 5.41) is 23.9. The van der Waals surface area contributed by atoms with E-state index in [0.717, 1.165) is 19.4 Å². The van der Waals surface area contributed by atoms with E-state index in [2.05, 4.69) is 20.3 Å². The predicted octanol–water partition coefficient (Wildman–Crippen LogP) is 0.0726. The van der Waals surface area contributed by atoms with Crippen molar-refractivity contribution in [3.8, 4) is 0 Å². The van der Waals surface area contributed by atoms with Crippen molar-refractivity contribution < 1.29 is 34.0 Å². The molecule has 1 saturated heterocycles. The lowest BCUT2D eigenvalue weighted by atomic mass is 10.1. The van der Waals surface area contributed by atoms with E-state index in [4.69, 9.17) is 30.9 Å². The highest BCUT2D eigenvalue weighted by atomic mass is 35.5. The number of halogens is 1. The first-order valence-corrected chi connectivity index (χ1v) is 11.2. The highest BCUT2D eigenvalue weighted by Gasteiger charge is 2.44. The summed E-state index contributed by atoms with van der Waals surface area (Å²) in [5.41, 5.74) is 0.762. The van der Waals surface area contributed by atoms with Gasteiger partial charge in [0.25, 0.3) is 0 Å². The SMILES string of the molecule is O=P(O)(O)COC[C@H]1O[C@@H](n2cnc3c(NCC4CC4)nc(Cl)nc32)[C@H](O)[C@@H]1O.